The average Bonchev–Trinajstić information content (AvgIpc) is 3.18. The normalized spacial score (nSPS) is 10.6. The van der Waals surface area contributed by atoms with Crippen LogP contribution in [0, 0.1) is 6.92 Å². The second kappa shape index (κ2) is 7.79. The van der Waals surface area contributed by atoms with Gasteiger partial charge >= 0.3 is 0 Å². The van der Waals surface area contributed by atoms with Crippen molar-refractivity contribution in [1.29, 1.82) is 0 Å². The summed E-state index contributed by atoms with van der Waals surface area (Å²) in [6.45, 7) is 2.28. The van der Waals surface area contributed by atoms with Gasteiger partial charge in [-0.2, -0.15) is 5.10 Å². The van der Waals surface area contributed by atoms with E-state index in [0.717, 1.165) is 22.6 Å². The predicted octanol–water partition coefficient (Wildman–Crippen LogP) is 3.17. The molecule has 1 amide bonds. The number of hydrogen-bond acceptors (Lipinski definition) is 5. The number of aromatic amines is 1. The third kappa shape index (κ3) is 3.78. The number of pyridine rings is 1. The molecule has 0 aliphatic heterocycles. The molecule has 3 heterocycles. The minimum atomic E-state index is -0.305. The SMILES string of the molecule is Cc1ccc(-c2nc(CNC(=O)c3cccnn3)[nH]c2-c2ccccn2)cc1. The summed E-state index contributed by atoms with van der Waals surface area (Å²) in [5, 5.41) is 10.3. The van der Waals surface area contributed by atoms with Crippen LogP contribution >= 0.6 is 0 Å². The van der Waals surface area contributed by atoms with Crippen LogP contribution in [0.15, 0.2) is 67.0 Å². The zero-order chi connectivity index (χ0) is 19.3. The van der Waals surface area contributed by atoms with Gasteiger partial charge in [-0.3, -0.25) is 9.78 Å². The maximum atomic E-state index is 12.2. The summed E-state index contributed by atoms with van der Waals surface area (Å²) >= 11 is 0. The van der Waals surface area contributed by atoms with Crippen molar-refractivity contribution in [3.05, 3.63) is 84.1 Å². The van der Waals surface area contributed by atoms with Crippen molar-refractivity contribution in [2.75, 3.05) is 0 Å². The highest BCUT2D eigenvalue weighted by molar-refractivity contribution is 5.91. The first-order chi connectivity index (χ1) is 13.7. The molecule has 0 bridgehead atoms. The molecule has 138 valence electrons. The number of H-pyrrole nitrogens is 1. The van der Waals surface area contributed by atoms with Gasteiger partial charge in [0.1, 0.15) is 5.82 Å². The number of imidazole rings is 1. The van der Waals surface area contributed by atoms with E-state index in [2.05, 4.69) is 25.5 Å². The summed E-state index contributed by atoms with van der Waals surface area (Å²) in [4.78, 5) is 24.7. The maximum Gasteiger partial charge on any atom is 0.272 e. The van der Waals surface area contributed by atoms with Gasteiger partial charge in [0.05, 0.1) is 23.6 Å². The Morgan fingerprint density at radius 3 is 2.61 bits per heavy atom. The maximum absolute atomic E-state index is 12.2. The predicted molar refractivity (Wildman–Crippen MR) is 105 cm³/mol. The van der Waals surface area contributed by atoms with E-state index in [1.807, 2.05) is 49.4 Å². The zero-order valence-corrected chi connectivity index (χ0v) is 15.3. The van der Waals surface area contributed by atoms with Crippen LogP contribution in [0.25, 0.3) is 22.6 Å². The highest BCUT2D eigenvalue weighted by Crippen LogP contribution is 2.29. The molecule has 28 heavy (non-hydrogen) atoms. The molecule has 0 radical (unpaired) electrons. The molecule has 0 fully saturated rings. The smallest absolute Gasteiger partial charge is 0.272 e. The molecule has 7 nitrogen and oxygen atoms in total. The number of nitrogens with one attached hydrogen (secondary N) is 2. The van der Waals surface area contributed by atoms with E-state index in [-0.39, 0.29) is 18.1 Å². The van der Waals surface area contributed by atoms with Crippen molar-refractivity contribution in [3.63, 3.8) is 0 Å². The van der Waals surface area contributed by atoms with Crippen molar-refractivity contribution in [1.82, 2.24) is 30.5 Å². The Morgan fingerprint density at radius 1 is 1.04 bits per heavy atom. The Morgan fingerprint density at radius 2 is 1.89 bits per heavy atom. The van der Waals surface area contributed by atoms with E-state index in [4.69, 9.17) is 4.98 Å². The summed E-state index contributed by atoms with van der Waals surface area (Å²) < 4.78 is 0. The van der Waals surface area contributed by atoms with Crippen molar-refractivity contribution >= 4 is 5.91 Å². The van der Waals surface area contributed by atoms with Crippen molar-refractivity contribution < 1.29 is 4.79 Å². The van der Waals surface area contributed by atoms with Gasteiger partial charge in [0.25, 0.3) is 5.91 Å². The zero-order valence-electron chi connectivity index (χ0n) is 15.3. The lowest BCUT2D eigenvalue weighted by atomic mass is 10.1. The second-order valence-corrected chi connectivity index (χ2v) is 6.28. The third-order valence-electron chi connectivity index (χ3n) is 4.22. The summed E-state index contributed by atoms with van der Waals surface area (Å²) in [5.74, 6) is 0.328. The Bertz CT molecular complexity index is 1080. The molecule has 0 unspecified atom stereocenters. The van der Waals surface area contributed by atoms with E-state index in [0.29, 0.717) is 5.82 Å². The van der Waals surface area contributed by atoms with Crippen LogP contribution in [0.3, 0.4) is 0 Å². The number of hydrogen-bond donors (Lipinski definition) is 2. The molecule has 0 atom stereocenters. The van der Waals surface area contributed by atoms with Crippen molar-refractivity contribution in [2.45, 2.75) is 13.5 Å². The molecule has 2 N–H and O–H groups in total. The highest BCUT2D eigenvalue weighted by Gasteiger charge is 2.16. The number of aromatic nitrogens is 5. The molecule has 4 rings (SSSR count). The van der Waals surface area contributed by atoms with Gasteiger partial charge in [-0.15, -0.1) is 5.10 Å². The molecule has 0 spiro atoms. The number of amides is 1. The van der Waals surface area contributed by atoms with Gasteiger partial charge in [0.15, 0.2) is 5.69 Å². The molecule has 1 aromatic carbocycles. The van der Waals surface area contributed by atoms with E-state index < -0.39 is 0 Å². The van der Waals surface area contributed by atoms with Gasteiger partial charge in [-0.1, -0.05) is 35.9 Å². The largest absolute Gasteiger partial charge is 0.343 e. The number of aryl methyl sites for hydroxylation is 1. The minimum absolute atomic E-state index is 0.237. The highest BCUT2D eigenvalue weighted by atomic mass is 16.1. The minimum Gasteiger partial charge on any atom is -0.343 e. The van der Waals surface area contributed by atoms with Gasteiger partial charge in [-0.25, -0.2) is 4.98 Å². The Hall–Kier alpha value is -3.87. The molecule has 0 aliphatic carbocycles. The van der Waals surface area contributed by atoms with Crippen LogP contribution in [0.5, 0.6) is 0 Å². The summed E-state index contributed by atoms with van der Waals surface area (Å²) in [6.07, 6.45) is 3.26. The lowest BCUT2D eigenvalue weighted by Crippen LogP contribution is -2.24. The van der Waals surface area contributed by atoms with Gasteiger partial charge in [-0.05, 0) is 31.2 Å². The fourth-order valence-electron chi connectivity index (χ4n) is 2.80. The lowest BCUT2D eigenvalue weighted by molar-refractivity contribution is 0.0944. The fraction of sp³-hybridized carbons (Fsp3) is 0.0952. The monoisotopic (exact) mass is 370 g/mol. The van der Waals surface area contributed by atoms with Crippen LogP contribution in [0.2, 0.25) is 0 Å². The first-order valence-electron chi connectivity index (χ1n) is 8.84. The number of rotatable bonds is 5. The number of benzene rings is 1. The molecule has 0 saturated carbocycles. The van der Waals surface area contributed by atoms with Gasteiger partial charge in [0, 0.05) is 18.0 Å². The molecular formula is C21H18N6O. The molecule has 3 aromatic heterocycles. The van der Waals surface area contributed by atoms with Crippen LogP contribution < -0.4 is 5.32 Å². The van der Waals surface area contributed by atoms with Crippen LogP contribution in [-0.4, -0.2) is 31.1 Å². The molecule has 7 heteroatoms. The van der Waals surface area contributed by atoms with E-state index in [1.54, 1.807) is 18.3 Å². The first kappa shape index (κ1) is 17.5. The van der Waals surface area contributed by atoms with Crippen LogP contribution in [0.1, 0.15) is 21.9 Å². The number of carbonyl (C=O) groups excluding carboxylic acids is 1. The quantitative estimate of drug-likeness (QED) is 0.562. The van der Waals surface area contributed by atoms with E-state index in [9.17, 15) is 4.79 Å². The van der Waals surface area contributed by atoms with Gasteiger partial charge < -0.3 is 10.3 Å². The summed E-state index contributed by atoms with van der Waals surface area (Å²) in [7, 11) is 0. The Balaban J connectivity index is 1.63. The molecule has 0 aliphatic rings. The molecular weight excluding hydrogens is 352 g/mol. The van der Waals surface area contributed by atoms with Gasteiger partial charge in [0.2, 0.25) is 0 Å². The number of carbonyl (C=O) groups is 1. The molecule has 0 saturated heterocycles. The fourth-order valence-corrected chi connectivity index (χ4v) is 2.80. The third-order valence-corrected chi connectivity index (χ3v) is 4.22. The van der Waals surface area contributed by atoms with Crippen molar-refractivity contribution in [3.8, 4) is 22.6 Å². The summed E-state index contributed by atoms with van der Waals surface area (Å²) in [6, 6.07) is 17.1. The Labute approximate surface area is 161 Å². The van der Waals surface area contributed by atoms with Crippen molar-refractivity contribution in [2.24, 2.45) is 0 Å². The van der Waals surface area contributed by atoms with E-state index in [1.165, 1.54) is 11.8 Å². The average molecular weight is 370 g/mol. The van der Waals surface area contributed by atoms with Crippen LogP contribution in [-0.2, 0) is 6.54 Å². The van der Waals surface area contributed by atoms with Crippen LogP contribution in [0.4, 0.5) is 0 Å². The van der Waals surface area contributed by atoms with E-state index >= 15 is 0 Å². The second-order valence-electron chi connectivity index (χ2n) is 6.28. The summed E-state index contributed by atoms with van der Waals surface area (Å²) in [5.41, 5.74) is 4.81. The lowest BCUT2D eigenvalue weighted by Gasteiger charge is -2.02. The molecule has 4 aromatic rings. The standard InChI is InChI=1S/C21H18N6O/c1-14-7-9-15(10-8-14)19-20(16-5-2-3-11-22-16)26-18(25-19)13-23-21(28)17-6-4-12-24-27-17/h2-12H,13H2,1H3,(H,23,28)(H,25,26). The first-order valence-corrected chi connectivity index (χ1v) is 8.84. The number of nitrogens with zero attached hydrogens (tertiary/aromatic N) is 4. The topological polar surface area (TPSA) is 96.5 Å². The Kier molecular flexibility index (Phi) is 4.88.